The Morgan fingerprint density at radius 1 is 1.12 bits per heavy atom. The molecule has 0 spiro atoms. The lowest BCUT2D eigenvalue weighted by Gasteiger charge is -2.18. The van der Waals surface area contributed by atoms with Crippen LogP contribution in [-0.2, 0) is 0 Å². The molecule has 26 heavy (non-hydrogen) atoms. The highest BCUT2D eigenvalue weighted by Gasteiger charge is 2.19. The van der Waals surface area contributed by atoms with E-state index in [0.29, 0.717) is 0 Å². The Morgan fingerprint density at radius 2 is 1.96 bits per heavy atom. The maximum Gasteiger partial charge on any atom is 0.168 e. The van der Waals surface area contributed by atoms with Crippen LogP contribution in [0.1, 0.15) is 42.6 Å². The standard InChI is InChI=1S/C22H24N2O2/c1-15-10-12-18-19(14-15)24-21(23-18)13-11-16-6-5-9-20(25-2)22(16)26-17-7-3-4-8-17/h5-6,9-14,17H,3-4,7-8H2,1-2H3,(H,23,24). The lowest BCUT2D eigenvalue weighted by atomic mass is 10.1. The minimum atomic E-state index is 0.285. The van der Waals surface area contributed by atoms with Crippen LogP contribution in [-0.4, -0.2) is 23.2 Å². The molecular formula is C22H24N2O2. The van der Waals surface area contributed by atoms with Gasteiger partial charge in [-0.25, -0.2) is 4.98 Å². The number of aromatic amines is 1. The summed E-state index contributed by atoms with van der Waals surface area (Å²) in [6, 6.07) is 12.2. The van der Waals surface area contributed by atoms with E-state index in [0.717, 1.165) is 46.8 Å². The smallest absolute Gasteiger partial charge is 0.168 e. The summed E-state index contributed by atoms with van der Waals surface area (Å²) in [6.07, 6.45) is 9.02. The van der Waals surface area contributed by atoms with Crippen LogP contribution in [0.4, 0.5) is 0 Å². The molecule has 0 bridgehead atoms. The summed E-state index contributed by atoms with van der Waals surface area (Å²) in [6.45, 7) is 2.08. The predicted octanol–water partition coefficient (Wildman–Crippen LogP) is 5.37. The molecule has 0 saturated heterocycles. The van der Waals surface area contributed by atoms with Crippen molar-refractivity contribution in [2.45, 2.75) is 38.7 Å². The fourth-order valence-corrected chi connectivity index (χ4v) is 3.51. The van der Waals surface area contributed by atoms with Gasteiger partial charge in [0.2, 0.25) is 0 Å². The highest BCUT2D eigenvalue weighted by Crippen LogP contribution is 2.35. The second kappa shape index (κ2) is 7.24. The monoisotopic (exact) mass is 348 g/mol. The van der Waals surface area contributed by atoms with Gasteiger partial charge >= 0.3 is 0 Å². The second-order valence-corrected chi connectivity index (χ2v) is 6.88. The van der Waals surface area contributed by atoms with E-state index in [1.807, 2.05) is 30.4 Å². The zero-order valence-corrected chi connectivity index (χ0v) is 15.3. The maximum atomic E-state index is 6.28. The molecule has 1 fully saturated rings. The molecule has 1 heterocycles. The maximum absolute atomic E-state index is 6.28. The van der Waals surface area contributed by atoms with Crippen LogP contribution in [0.3, 0.4) is 0 Å². The Balaban J connectivity index is 1.64. The summed E-state index contributed by atoms with van der Waals surface area (Å²) in [5.74, 6) is 2.43. The number of hydrogen-bond donors (Lipinski definition) is 1. The summed E-state index contributed by atoms with van der Waals surface area (Å²) in [5, 5.41) is 0. The van der Waals surface area contributed by atoms with Crippen LogP contribution < -0.4 is 9.47 Å². The Morgan fingerprint density at radius 3 is 2.77 bits per heavy atom. The summed E-state index contributed by atoms with van der Waals surface area (Å²) >= 11 is 0. The van der Waals surface area contributed by atoms with Crippen molar-refractivity contribution in [2.75, 3.05) is 7.11 Å². The molecule has 0 aliphatic heterocycles. The summed E-state index contributed by atoms with van der Waals surface area (Å²) in [4.78, 5) is 7.99. The van der Waals surface area contributed by atoms with Crippen LogP contribution in [0.25, 0.3) is 23.2 Å². The van der Waals surface area contributed by atoms with Gasteiger partial charge in [-0.3, -0.25) is 0 Å². The van der Waals surface area contributed by atoms with E-state index in [1.54, 1.807) is 7.11 Å². The number of methoxy groups -OCH3 is 1. The van der Waals surface area contributed by atoms with E-state index in [4.69, 9.17) is 9.47 Å². The van der Waals surface area contributed by atoms with Crippen molar-refractivity contribution in [3.8, 4) is 11.5 Å². The zero-order valence-electron chi connectivity index (χ0n) is 15.3. The molecule has 0 unspecified atom stereocenters. The Kier molecular flexibility index (Phi) is 4.65. The van der Waals surface area contributed by atoms with Gasteiger partial charge in [0.25, 0.3) is 0 Å². The first-order valence-electron chi connectivity index (χ1n) is 9.21. The third-order valence-corrected chi connectivity index (χ3v) is 4.89. The van der Waals surface area contributed by atoms with Gasteiger partial charge in [-0.05, 0) is 68.5 Å². The first-order chi connectivity index (χ1) is 12.7. The van der Waals surface area contributed by atoms with Crippen molar-refractivity contribution in [3.63, 3.8) is 0 Å². The first kappa shape index (κ1) is 16.7. The van der Waals surface area contributed by atoms with Crippen molar-refractivity contribution in [1.29, 1.82) is 0 Å². The van der Waals surface area contributed by atoms with Gasteiger partial charge in [0.05, 0.1) is 24.2 Å². The number of ether oxygens (including phenoxy) is 2. The van der Waals surface area contributed by atoms with Crippen LogP contribution in [0.2, 0.25) is 0 Å². The summed E-state index contributed by atoms with van der Waals surface area (Å²) in [7, 11) is 1.69. The Hall–Kier alpha value is -2.75. The third-order valence-electron chi connectivity index (χ3n) is 4.89. The first-order valence-corrected chi connectivity index (χ1v) is 9.21. The van der Waals surface area contributed by atoms with Crippen molar-refractivity contribution in [2.24, 2.45) is 0 Å². The molecule has 1 saturated carbocycles. The quantitative estimate of drug-likeness (QED) is 0.674. The summed E-state index contributed by atoms with van der Waals surface area (Å²) < 4.78 is 11.8. The number of imidazole rings is 1. The van der Waals surface area contributed by atoms with Crippen LogP contribution >= 0.6 is 0 Å². The average Bonchev–Trinajstić information content (AvgIpc) is 3.29. The number of hydrogen-bond acceptors (Lipinski definition) is 3. The molecule has 4 rings (SSSR count). The largest absolute Gasteiger partial charge is 0.493 e. The normalized spacial score (nSPS) is 15.2. The third kappa shape index (κ3) is 3.45. The molecule has 0 amide bonds. The number of nitrogens with one attached hydrogen (secondary N) is 1. The molecule has 134 valence electrons. The number of H-pyrrole nitrogens is 1. The molecule has 0 radical (unpaired) electrons. The topological polar surface area (TPSA) is 47.1 Å². The van der Waals surface area contributed by atoms with Crippen LogP contribution in [0, 0.1) is 6.92 Å². The average molecular weight is 348 g/mol. The van der Waals surface area contributed by atoms with E-state index >= 15 is 0 Å². The van der Waals surface area contributed by atoms with Gasteiger partial charge in [-0.1, -0.05) is 18.2 Å². The van der Waals surface area contributed by atoms with E-state index in [2.05, 4.69) is 35.1 Å². The highest BCUT2D eigenvalue weighted by molar-refractivity contribution is 5.80. The number of aryl methyl sites for hydroxylation is 1. The van der Waals surface area contributed by atoms with Gasteiger partial charge in [-0.2, -0.15) is 0 Å². The number of aromatic nitrogens is 2. The van der Waals surface area contributed by atoms with Gasteiger partial charge in [0.1, 0.15) is 5.82 Å². The highest BCUT2D eigenvalue weighted by atomic mass is 16.5. The van der Waals surface area contributed by atoms with Gasteiger partial charge in [0, 0.05) is 5.56 Å². The zero-order chi connectivity index (χ0) is 17.9. The van der Waals surface area contributed by atoms with E-state index in [-0.39, 0.29) is 6.10 Å². The number of para-hydroxylation sites is 1. The molecule has 1 aliphatic rings. The molecule has 1 aromatic heterocycles. The minimum absolute atomic E-state index is 0.285. The number of nitrogens with zero attached hydrogens (tertiary/aromatic N) is 1. The van der Waals surface area contributed by atoms with Gasteiger partial charge < -0.3 is 14.5 Å². The van der Waals surface area contributed by atoms with Crippen molar-refractivity contribution < 1.29 is 9.47 Å². The summed E-state index contributed by atoms with van der Waals surface area (Å²) in [5.41, 5.74) is 4.26. The number of rotatable bonds is 5. The van der Waals surface area contributed by atoms with Crippen molar-refractivity contribution in [3.05, 3.63) is 53.3 Å². The predicted molar refractivity (Wildman–Crippen MR) is 106 cm³/mol. The fraction of sp³-hybridized carbons (Fsp3) is 0.318. The van der Waals surface area contributed by atoms with E-state index < -0.39 is 0 Å². The van der Waals surface area contributed by atoms with Gasteiger partial charge in [0.15, 0.2) is 11.5 Å². The fourth-order valence-electron chi connectivity index (χ4n) is 3.51. The van der Waals surface area contributed by atoms with Crippen molar-refractivity contribution >= 4 is 23.2 Å². The lowest BCUT2D eigenvalue weighted by molar-refractivity contribution is 0.200. The lowest BCUT2D eigenvalue weighted by Crippen LogP contribution is -2.12. The molecule has 1 N–H and O–H groups in total. The molecule has 1 aliphatic carbocycles. The van der Waals surface area contributed by atoms with Crippen LogP contribution in [0.5, 0.6) is 11.5 Å². The Bertz CT molecular complexity index is 936. The molecule has 4 heteroatoms. The number of benzene rings is 2. The molecular weight excluding hydrogens is 324 g/mol. The molecule has 3 aromatic rings. The van der Waals surface area contributed by atoms with E-state index in [1.165, 1.54) is 18.4 Å². The second-order valence-electron chi connectivity index (χ2n) is 6.88. The Labute approximate surface area is 153 Å². The molecule has 4 nitrogen and oxygen atoms in total. The van der Waals surface area contributed by atoms with Crippen LogP contribution in [0.15, 0.2) is 36.4 Å². The van der Waals surface area contributed by atoms with Gasteiger partial charge in [-0.15, -0.1) is 0 Å². The molecule has 0 atom stereocenters. The SMILES string of the molecule is COc1cccc(C=Cc2nc3ccc(C)cc3[nH]2)c1OC1CCCC1. The van der Waals surface area contributed by atoms with Crippen molar-refractivity contribution in [1.82, 2.24) is 9.97 Å². The minimum Gasteiger partial charge on any atom is -0.493 e. The van der Waals surface area contributed by atoms with E-state index in [9.17, 15) is 0 Å². The molecule has 2 aromatic carbocycles. The number of fused-ring (bicyclic) bond motifs is 1.